The van der Waals surface area contributed by atoms with E-state index in [0.29, 0.717) is 39.1 Å². The molecule has 0 bridgehead atoms. The number of halogens is 1. The van der Waals surface area contributed by atoms with Gasteiger partial charge in [0.25, 0.3) is 5.78 Å². The molecule has 0 spiro atoms. The Labute approximate surface area is 152 Å². The average molecular weight is 373 g/mol. The van der Waals surface area contributed by atoms with Crippen molar-refractivity contribution in [2.75, 3.05) is 0 Å². The molecule has 0 radical (unpaired) electrons. The molecule has 0 aliphatic rings. The zero-order valence-corrected chi connectivity index (χ0v) is 15.0. The molecule has 9 heteroatoms. The minimum absolute atomic E-state index is 0.400. The molecule has 0 saturated heterocycles. The van der Waals surface area contributed by atoms with E-state index in [1.54, 1.807) is 10.6 Å². The smallest absolute Gasteiger partial charge is 0.253 e. The van der Waals surface area contributed by atoms with Crippen molar-refractivity contribution in [3.05, 3.63) is 52.6 Å². The lowest BCUT2D eigenvalue weighted by molar-refractivity contribution is 0.528. The Morgan fingerprint density at radius 2 is 2.00 bits per heavy atom. The van der Waals surface area contributed by atoms with Crippen molar-refractivity contribution in [2.24, 2.45) is 0 Å². The summed E-state index contributed by atoms with van der Waals surface area (Å²) >= 11 is 7.57. The first-order valence-electron chi connectivity index (χ1n) is 7.51. The number of benzene rings is 1. The third kappa shape index (κ3) is 3.22. The number of rotatable bonds is 4. The van der Waals surface area contributed by atoms with Gasteiger partial charge in [-0.3, -0.25) is 0 Å². The lowest BCUT2D eigenvalue weighted by atomic mass is 10.2. The normalized spacial score (nSPS) is 11.3. The quantitative estimate of drug-likeness (QED) is 0.504. The van der Waals surface area contributed by atoms with Crippen LogP contribution in [0.25, 0.3) is 17.2 Å². The van der Waals surface area contributed by atoms with Crippen LogP contribution in [0.4, 0.5) is 0 Å². The number of fused-ring (bicyclic) bond motifs is 1. The van der Waals surface area contributed by atoms with E-state index in [1.165, 1.54) is 11.8 Å². The summed E-state index contributed by atoms with van der Waals surface area (Å²) in [5.41, 5.74) is 2.62. The SMILES string of the molecule is Cc1cc(C)n2nc(SCc3nnc(-c4ccccc4Cl)o3)nc2n1. The van der Waals surface area contributed by atoms with Crippen LogP contribution in [0.2, 0.25) is 5.02 Å². The highest BCUT2D eigenvalue weighted by Crippen LogP contribution is 2.27. The van der Waals surface area contributed by atoms with Crippen molar-refractivity contribution < 1.29 is 4.42 Å². The summed E-state index contributed by atoms with van der Waals surface area (Å²) in [6.45, 7) is 3.90. The van der Waals surface area contributed by atoms with Crippen LogP contribution >= 0.6 is 23.4 Å². The van der Waals surface area contributed by atoms with Gasteiger partial charge in [0, 0.05) is 11.4 Å². The molecule has 3 heterocycles. The van der Waals surface area contributed by atoms with Crippen LogP contribution in [0.1, 0.15) is 17.3 Å². The number of nitrogens with zero attached hydrogens (tertiary/aromatic N) is 6. The topological polar surface area (TPSA) is 82.0 Å². The number of thioether (sulfide) groups is 1. The molecule has 0 N–H and O–H groups in total. The van der Waals surface area contributed by atoms with Gasteiger partial charge in [-0.2, -0.15) is 4.98 Å². The summed E-state index contributed by atoms with van der Waals surface area (Å²) in [5.74, 6) is 1.94. The minimum Gasteiger partial charge on any atom is -0.420 e. The van der Waals surface area contributed by atoms with Crippen molar-refractivity contribution in [3.8, 4) is 11.5 Å². The van der Waals surface area contributed by atoms with Gasteiger partial charge in [-0.05, 0) is 32.0 Å². The molecule has 0 amide bonds. The predicted octanol–water partition coefficient (Wildman–Crippen LogP) is 3.74. The van der Waals surface area contributed by atoms with Crippen LogP contribution in [-0.4, -0.2) is 29.8 Å². The highest BCUT2D eigenvalue weighted by atomic mass is 35.5. The van der Waals surface area contributed by atoms with Gasteiger partial charge in [0.1, 0.15) is 0 Å². The Morgan fingerprint density at radius 3 is 2.84 bits per heavy atom. The fourth-order valence-electron chi connectivity index (χ4n) is 2.39. The first kappa shape index (κ1) is 16.0. The van der Waals surface area contributed by atoms with Crippen LogP contribution in [0.5, 0.6) is 0 Å². The fraction of sp³-hybridized carbons (Fsp3) is 0.188. The molecule has 7 nitrogen and oxygen atoms in total. The second-order valence-electron chi connectivity index (χ2n) is 5.41. The molecular formula is C16H13ClN6OS. The Morgan fingerprint density at radius 1 is 1.16 bits per heavy atom. The highest BCUT2D eigenvalue weighted by Gasteiger charge is 2.13. The molecule has 0 aliphatic carbocycles. The third-order valence-electron chi connectivity index (χ3n) is 3.49. The van der Waals surface area contributed by atoms with Crippen LogP contribution in [-0.2, 0) is 5.75 Å². The number of hydrogen-bond donors (Lipinski definition) is 0. The molecular weight excluding hydrogens is 360 g/mol. The maximum atomic E-state index is 6.15. The van der Waals surface area contributed by atoms with Crippen LogP contribution < -0.4 is 0 Å². The van der Waals surface area contributed by atoms with Crippen molar-refractivity contribution in [1.29, 1.82) is 0 Å². The van der Waals surface area contributed by atoms with E-state index in [4.69, 9.17) is 16.0 Å². The first-order chi connectivity index (χ1) is 12.1. The Kier molecular flexibility index (Phi) is 4.14. The largest absolute Gasteiger partial charge is 0.420 e. The van der Waals surface area contributed by atoms with Gasteiger partial charge in [0.2, 0.25) is 16.9 Å². The third-order valence-corrected chi connectivity index (χ3v) is 4.65. The summed E-state index contributed by atoms with van der Waals surface area (Å²) < 4.78 is 7.40. The van der Waals surface area contributed by atoms with Crippen molar-refractivity contribution in [3.63, 3.8) is 0 Å². The summed E-state index contributed by atoms with van der Waals surface area (Å²) in [6.07, 6.45) is 0. The lowest BCUT2D eigenvalue weighted by Gasteiger charge is -1.97. The molecule has 25 heavy (non-hydrogen) atoms. The van der Waals surface area contributed by atoms with Crippen LogP contribution in [0.15, 0.2) is 39.9 Å². The van der Waals surface area contributed by atoms with Crippen molar-refractivity contribution in [1.82, 2.24) is 29.8 Å². The molecule has 0 unspecified atom stereocenters. The van der Waals surface area contributed by atoms with Gasteiger partial charge in [-0.1, -0.05) is 35.5 Å². The predicted molar refractivity (Wildman–Crippen MR) is 94.6 cm³/mol. The molecule has 0 aliphatic heterocycles. The van der Waals surface area contributed by atoms with Gasteiger partial charge in [-0.25, -0.2) is 9.50 Å². The summed E-state index contributed by atoms with van der Waals surface area (Å²) in [4.78, 5) is 8.80. The molecule has 0 saturated carbocycles. The van der Waals surface area contributed by atoms with Gasteiger partial charge in [-0.15, -0.1) is 15.3 Å². The van der Waals surface area contributed by atoms with Crippen molar-refractivity contribution >= 4 is 29.1 Å². The molecule has 126 valence electrons. The second kappa shape index (κ2) is 6.45. The minimum atomic E-state index is 0.400. The van der Waals surface area contributed by atoms with E-state index < -0.39 is 0 Å². The van der Waals surface area contributed by atoms with Crippen molar-refractivity contribution in [2.45, 2.75) is 24.8 Å². The standard InChI is InChI=1S/C16H13ClN6OS/c1-9-7-10(2)23-15(18-9)19-16(22-23)25-8-13-20-21-14(24-13)11-5-3-4-6-12(11)17/h3-7H,8H2,1-2H3. The average Bonchev–Trinajstić information content (AvgIpc) is 3.20. The second-order valence-corrected chi connectivity index (χ2v) is 6.76. The maximum absolute atomic E-state index is 6.15. The fourth-order valence-corrected chi connectivity index (χ4v) is 3.26. The van der Waals surface area contributed by atoms with E-state index in [9.17, 15) is 0 Å². The summed E-state index contributed by atoms with van der Waals surface area (Å²) in [5, 5.41) is 13.7. The monoisotopic (exact) mass is 372 g/mol. The van der Waals surface area contributed by atoms with Crippen LogP contribution in [0, 0.1) is 13.8 Å². The number of aromatic nitrogens is 6. The lowest BCUT2D eigenvalue weighted by Crippen LogP contribution is -1.97. The van der Waals surface area contributed by atoms with E-state index in [-0.39, 0.29) is 0 Å². The first-order valence-corrected chi connectivity index (χ1v) is 8.87. The highest BCUT2D eigenvalue weighted by molar-refractivity contribution is 7.98. The van der Waals surface area contributed by atoms with E-state index >= 15 is 0 Å². The molecule has 4 aromatic rings. The zero-order valence-electron chi connectivity index (χ0n) is 13.5. The van der Waals surface area contributed by atoms with E-state index in [1.807, 2.05) is 38.1 Å². The molecule has 0 fully saturated rings. The molecule has 0 atom stereocenters. The van der Waals surface area contributed by atoms with Gasteiger partial charge >= 0.3 is 0 Å². The summed E-state index contributed by atoms with van der Waals surface area (Å²) in [7, 11) is 0. The Balaban J connectivity index is 1.52. The van der Waals surface area contributed by atoms with Gasteiger partial charge in [0.05, 0.1) is 16.3 Å². The molecule has 3 aromatic heterocycles. The number of hydrogen-bond acceptors (Lipinski definition) is 7. The summed E-state index contributed by atoms with van der Waals surface area (Å²) in [6, 6.07) is 9.31. The number of aryl methyl sites for hydroxylation is 2. The molecule has 1 aromatic carbocycles. The maximum Gasteiger partial charge on any atom is 0.253 e. The van der Waals surface area contributed by atoms with E-state index in [0.717, 1.165) is 11.4 Å². The Bertz CT molecular complexity index is 1060. The van der Waals surface area contributed by atoms with Gasteiger partial charge < -0.3 is 4.42 Å². The van der Waals surface area contributed by atoms with Gasteiger partial charge in [0.15, 0.2) is 0 Å². The zero-order chi connectivity index (χ0) is 17.4. The molecule has 4 rings (SSSR count). The Hall–Kier alpha value is -2.45. The van der Waals surface area contributed by atoms with Crippen LogP contribution in [0.3, 0.4) is 0 Å². The van der Waals surface area contributed by atoms with E-state index in [2.05, 4.69) is 25.3 Å².